The van der Waals surface area contributed by atoms with Crippen molar-refractivity contribution in [1.29, 1.82) is 0 Å². The molecule has 1 aromatic rings. The fourth-order valence-corrected chi connectivity index (χ4v) is 4.47. The molecule has 2 aliphatic heterocycles. The van der Waals surface area contributed by atoms with Gasteiger partial charge in [-0.15, -0.1) is 0 Å². The highest BCUT2D eigenvalue weighted by Gasteiger charge is 2.32. The first-order valence-electron chi connectivity index (χ1n) is 9.48. The molecule has 0 spiro atoms. The predicted octanol–water partition coefficient (Wildman–Crippen LogP) is 1.41. The van der Waals surface area contributed by atoms with E-state index in [9.17, 15) is 9.90 Å². The molecule has 2 N–H and O–H groups in total. The van der Waals surface area contributed by atoms with Crippen molar-refractivity contribution in [3.8, 4) is 0 Å². The number of amides is 1. The highest BCUT2D eigenvalue weighted by Crippen LogP contribution is 2.32. The van der Waals surface area contributed by atoms with E-state index in [1.807, 2.05) is 0 Å². The number of hydrogen-bond acceptors (Lipinski definition) is 4. The number of nitrogens with zero attached hydrogens (tertiary/aromatic N) is 3. The minimum Gasteiger partial charge on any atom is -0.390 e. The summed E-state index contributed by atoms with van der Waals surface area (Å²) < 4.78 is 0. The number of aryl methyl sites for hydroxylation is 2. The van der Waals surface area contributed by atoms with Gasteiger partial charge in [0.25, 0.3) is 0 Å². The van der Waals surface area contributed by atoms with Crippen molar-refractivity contribution in [1.82, 2.24) is 19.8 Å². The Kier molecular flexibility index (Phi) is 4.59. The summed E-state index contributed by atoms with van der Waals surface area (Å²) in [6.45, 7) is 2.89. The van der Waals surface area contributed by atoms with Crippen LogP contribution in [0.15, 0.2) is 0 Å². The first-order chi connectivity index (χ1) is 11.7. The molecule has 6 nitrogen and oxygen atoms in total. The van der Waals surface area contributed by atoms with Crippen LogP contribution in [0.4, 0.5) is 0 Å². The molecular weight excluding hydrogens is 304 g/mol. The quantitative estimate of drug-likeness (QED) is 0.855. The summed E-state index contributed by atoms with van der Waals surface area (Å²) in [6, 6.07) is 0.291. The van der Waals surface area contributed by atoms with Crippen molar-refractivity contribution >= 4 is 5.91 Å². The van der Waals surface area contributed by atoms with E-state index in [1.54, 1.807) is 4.90 Å². The Morgan fingerprint density at radius 1 is 1.12 bits per heavy atom. The third-order valence-corrected chi connectivity index (χ3v) is 5.70. The van der Waals surface area contributed by atoms with E-state index >= 15 is 0 Å². The molecule has 1 amide bonds. The predicted molar refractivity (Wildman–Crippen MR) is 90.6 cm³/mol. The van der Waals surface area contributed by atoms with E-state index in [4.69, 9.17) is 4.98 Å². The number of nitrogens with one attached hydrogen (secondary N) is 1. The number of aliphatic hydroxyl groups excluding tert-OH is 1. The SMILES string of the molecule is O=C1CCCN1CC(O)CN1CCCC1c1nc2c([nH]1)CCCC2. The Hall–Kier alpha value is -1.40. The van der Waals surface area contributed by atoms with Crippen LogP contribution in [-0.4, -0.2) is 63.1 Å². The van der Waals surface area contributed by atoms with Gasteiger partial charge in [-0.2, -0.15) is 0 Å². The smallest absolute Gasteiger partial charge is 0.222 e. The number of aromatic nitrogens is 2. The molecule has 0 aromatic carbocycles. The van der Waals surface area contributed by atoms with E-state index in [-0.39, 0.29) is 5.91 Å². The number of carbonyl (C=O) groups is 1. The highest BCUT2D eigenvalue weighted by molar-refractivity contribution is 5.78. The lowest BCUT2D eigenvalue weighted by Crippen LogP contribution is -2.40. The summed E-state index contributed by atoms with van der Waals surface area (Å²) in [5, 5.41) is 10.4. The van der Waals surface area contributed by atoms with Gasteiger partial charge >= 0.3 is 0 Å². The molecular formula is C18H28N4O2. The Balaban J connectivity index is 1.39. The van der Waals surface area contributed by atoms with Crippen LogP contribution in [0.5, 0.6) is 0 Å². The van der Waals surface area contributed by atoms with Crippen LogP contribution in [0.1, 0.15) is 61.8 Å². The zero-order valence-corrected chi connectivity index (χ0v) is 14.3. The lowest BCUT2D eigenvalue weighted by atomic mass is 10.0. The first kappa shape index (κ1) is 16.1. The van der Waals surface area contributed by atoms with E-state index < -0.39 is 6.10 Å². The van der Waals surface area contributed by atoms with Gasteiger partial charge in [0.15, 0.2) is 0 Å². The molecule has 0 bridgehead atoms. The summed E-state index contributed by atoms with van der Waals surface area (Å²) in [7, 11) is 0. The molecule has 4 rings (SSSR count). The largest absolute Gasteiger partial charge is 0.390 e. The second-order valence-corrected chi connectivity index (χ2v) is 7.50. The zero-order chi connectivity index (χ0) is 16.5. The van der Waals surface area contributed by atoms with E-state index in [1.165, 1.54) is 24.2 Å². The van der Waals surface area contributed by atoms with Gasteiger partial charge < -0.3 is 15.0 Å². The first-order valence-corrected chi connectivity index (χ1v) is 9.48. The van der Waals surface area contributed by atoms with Crippen molar-refractivity contribution in [3.05, 3.63) is 17.2 Å². The number of rotatable bonds is 5. The van der Waals surface area contributed by atoms with Crippen LogP contribution in [0, 0.1) is 0 Å². The van der Waals surface area contributed by atoms with Crippen LogP contribution in [0.3, 0.4) is 0 Å². The molecule has 2 unspecified atom stereocenters. The number of aromatic amines is 1. The minimum atomic E-state index is -0.475. The maximum Gasteiger partial charge on any atom is 0.222 e. The number of likely N-dealkylation sites (tertiary alicyclic amines) is 2. The molecule has 2 atom stereocenters. The Labute approximate surface area is 143 Å². The molecule has 0 radical (unpaired) electrons. The third-order valence-electron chi connectivity index (χ3n) is 5.70. The monoisotopic (exact) mass is 332 g/mol. The normalized spacial score (nSPS) is 26.1. The van der Waals surface area contributed by atoms with E-state index in [0.717, 1.165) is 51.0 Å². The fraction of sp³-hybridized carbons (Fsp3) is 0.778. The van der Waals surface area contributed by atoms with Crippen molar-refractivity contribution in [2.24, 2.45) is 0 Å². The van der Waals surface area contributed by atoms with Gasteiger partial charge in [0, 0.05) is 31.7 Å². The molecule has 2 saturated heterocycles. The molecule has 6 heteroatoms. The van der Waals surface area contributed by atoms with Gasteiger partial charge in [-0.3, -0.25) is 9.69 Å². The minimum absolute atomic E-state index is 0.186. The lowest BCUT2D eigenvalue weighted by molar-refractivity contribution is -0.129. The van der Waals surface area contributed by atoms with E-state index in [0.29, 0.717) is 25.6 Å². The van der Waals surface area contributed by atoms with Crippen LogP contribution in [-0.2, 0) is 17.6 Å². The van der Waals surface area contributed by atoms with Gasteiger partial charge in [-0.05, 0) is 51.5 Å². The van der Waals surface area contributed by atoms with Crippen LogP contribution in [0.25, 0.3) is 0 Å². The van der Waals surface area contributed by atoms with Gasteiger partial charge in [-0.1, -0.05) is 0 Å². The maximum absolute atomic E-state index is 11.7. The van der Waals surface area contributed by atoms with Crippen molar-refractivity contribution in [2.45, 2.75) is 63.5 Å². The number of aliphatic hydroxyl groups is 1. The second kappa shape index (κ2) is 6.84. The number of fused-ring (bicyclic) bond motifs is 1. The summed E-state index contributed by atoms with van der Waals surface area (Å²) in [4.78, 5) is 24.3. The Morgan fingerprint density at radius 3 is 2.79 bits per heavy atom. The molecule has 132 valence electrons. The van der Waals surface area contributed by atoms with Gasteiger partial charge in [-0.25, -0.2) is 4.98 Å². The zero-order valence-electron chi connectivity index (χ0n) is 14.3. The second-order valence-electron chi connectivity index (χ2n) is 7.50. The lowest BCUT2D eigenvalue weighted by Gasteiger charge is -2.27. The third kappa shape index (κ3) is 3.22. The molecule has 3 heterocycles. The van der Waals surface area contributed by atoms with Crippen LogP contribution >= 0.6 is 0 Å². The van der Waals surface area contributed by atoms with Gasteiger partial charge in [0.1, 0.15) is 5.82 Å². The van der Waals surface area contributed by atoms with E-state index in [2.05, 4.69) is 9.88 Å². The van der Waals surface area contributed by atoms with Crippen molar-refractivity contribution < 1.29 is 9.90 Å². The fourth-order valence-electron chi connectivity index (χ4n) is 4.47. The molecule has 2 fully saturated rings. The average molecular weight is 332 g/mol. The number of β-amino-alcohol motifs (C(OH)–C–C–N with tert-alkyl or cyclic N) is 1. The van der Waals surface area contributed by atoms with Crippen LogP contribution < -0.4 is 0 Å². The Morgan fingerprint density at radius 2 is 2.00 bits per heavy atom. The molecule has 0 saturated carbocycles. The standard InChI is InChI=1S/C18H28N4O2/c23-13(12-22-10-4-8-17(22)24)11-21-9-3-7-16(21)18-19-14-5-1-2-6-15(14)20-18/h13,16,23H,1-12H2,(H,19,20). The molecule has 24 heavy (non-hydrogen) atoms. The van der Waals surface area contributed by atoms with Gasteiger partial charge in [0.2, 0.25) is 5.91 Å². The average Bonchev–Trinajstić information content (AvgIpc) is 3.27. The van der Waals surface area contributed by atoms with Gasteiger partial charge in [0.05, 0.1) is 17.8 Å². The van der Waals surface area contributed by atoms with Crippen LogP contribution in [0.2, 0.25) is 0 Å². The van der Waals surface area contributed by atoms with Crippen molar-refractivity contribution in [2.75, 3.05) is 26.2 Å². The number of H-pyrrole nitrogens is 1. The summed E-state index contributed by atoms with van der Waals surface area (Å²) in [5.41, 5.74) is 2.58. The summed E-state index contributed by atoms with van der Waals surface area (Å²) in [6.07, 6.45) is 8.05. The molecule has 1 aromatic heterocycles. The number of carbonyl (C=O) groups excluding carboxylic acids is 1. The maximum atomic E-state index is 11.7. The van der Waals surface area contributed by atoms with Crippen molar-refractivity contribution in [3.63, 3.8) is 0 Å². The molecule has 3 aliphatic rings. The Bertz CT molecular complexity index is 576. The topological polar surface area (TPSA) is 72.5 Å². The highest BCUT2D eigenvalue weighted by atomic mass is 16.3. The number of imidazole rings is 1. The summed E-state index contributed by atoms with van der Waals surface area (Å²) in [5.74, 6) is 1.27. The number of hydrogen-bond donors (Lipinski definition) is 2. The summed E-state index contributed by atoms with van der Waals surface area (Å²) >= 11 is 0. The molecule has 1 aliphatic carbocycles.